The summed E-state index contributed by atoms with van der Waals surface area (Å²) < 4.78 is 56.3. The minimum atomic E-state index is -2.90. The zero-order valence-electron chi connectivity index (χ0n) is 15.2. The molecule has 2 heterocycles. The van der Waals surface area contributed by atoms with Crippen molar-refractivity contribution >= 4 is 22.4 Å². The van der Waals surface area contributed by atoms with Gasteiger partial charge < -0.3 is 14.7 Å². The van der Waals surface area contributed by atoms with Crippen LogP contribution in [0.15, 0.2) is 6.20 Å². The highest BCUT2D eigenvalue weighted by Gasteiger charge is 2.37. The average molecular weight is 425 g/mol. The van der Waals surface area contributed by atoms with E-state index in [4.69, 9.17) is 5.11 Å². The van der Waals surface area contributed by atoms with Gasteiger partial charge in [0.05, 0.1) is 18.8 Å². The lowest BCUT2D eigenvalue weighted by molar-refractivity contribution is -0.134. The summed E-state index contributed by atoms with van der Waals surface area (Å²) in [6.07, 6.45) is 1.96. The summed E-state index contributed by atoms with van der Waals surface area (Å²) >= 11 is 0.993. The third-order valence-corrected chi connectivity index (χ3v) is 6.31. The number of alkyl halides is 4. The number of carboxylic acids is 1. The van der Waals surface area contributed by atoms with Gasteiger partial charge in [0.25, 0.3) is 0 Å². The van der Waals surface area contributed by atoms with Crippen molar-refractivity contribution in [1.29, 1.82) is 0 Å². The number of hydrogen-bond acceptors (Lipinski definition) is 6. The monoisotopic (exact) mass is 425 g/mol. The molecular formula is C17H23F4N3O3S. The summed E-state index contributed by atoms with van der Waals surface area (Å²) in [7, 11) is 0. The number of carbonyl (C=O) groups is 1. The van der Waals surface area contributed by atoms with Crippen molar-refractivity contribution < 1.29 is 32.2 Å². The van der Waals surface area contributed by atoms with Gasteiger partial charge in [-0.05, 0) is 18.8 Å². The van der Waals surface area contributed by atoms with E-state index in [-0.39, 0.29) is 30.2 Å². The van der Waals surface area contributed by atoms with Crippen molar-refractivity contribution in [2.45, 2.75) is 44.3 Å². The lowest BCUT2D eigenvalue weighted by Crippen LogP contribution is -2.56. The van der Waals surface area contributed by atoms with Crippen molar-refractivity contribution in [1.82, 2.24) is 9.88 Å². The van der Waals surface area contributed by atoms with Gasteiger partial charge in [-0.25, -0.2) is 18.6 Å². The highest BCUT2D eigenvalue weighted by Crippen LogP contribution is 2.37. The number of ether oxygens (including phenoxy) is 1. The molecule has 2 aliphatic rings. The summed E-state index contributed by atoms with van der Waals surface area (Å²) in [5.74, 6) is -3.49. The maximum absolute atomic E-state index is 13.3. The number of aromatic carboxylic acids is 1. The molecule has 3 rings (SSSR count). The first kappa shape index (κ1) is 21.3. The fourth-order valence-corrected chi connectivity index (χ4v) is 4.66. The van der Waals surface area contributed by atoms with E-state index in [0.29, 0.717) is 44.2 Å². The Hall–Kier alpha value is -1.46. The number of anilines is 1. The minimum Gasteiger partial charge on any atom is -0.477 e. The van der Waals surface area contributed by atoms with Gasteiger partial charge in [0.2, 0.25) is 5.92 Å². The van der Waals surface area contributed by atoms with Crippen LogP contribution >= 0.6 is 11.3 Å². The quantitative estimate of drug-likeness (QED) is 0.676. The van der Waals surface area contributed by atoms with E-state index in [1.807, 2.05) is 0 Å². The molecule has 0 amide bonds. The molecule has 0 spiro atoms. The van der Waals surface area contributed by atoms with E-state index in [2.05, 4.69) is 14.6 Å². The number of aromatic nitrogens is 1. The second-order valence-electron chi connectivity index (χ2n) is 7.31. The zero-order chi connectivity index (χ0) is 20.3. The van der Waals surface area contributed by atoms with E-state index in [1.54, 1.807) is 4.90 Å². The van der Waals surface area contributed by atoms with E-state index in [1.165, 1.54) is 6.20 Å². The lowest BCUT2D eigenvalue weighted by atomic mass is 9.86. The molecule has 2 fully saturated rings. The normalized spacial score (nSPS) is 24.0. The number of rotatable bonds is 7. The van der Waals surface area contributed by atoms with Gasteiger partial charge in [0.1, 0.15) is 4.88 Å². The molecule has 1 saturated heterocycles. The van der Waals surface area contributed by atoms with E-state index < -0.39 is 24.5 Å². The van der Waals surface area contributed by atoms with Crippen molar-refractivity contribution in [2.24, 2.45) is 5.92 Å². The van der Waals surface area contributed by atoms with Gasteiger partial charge >= 0.3 is 12.6 Å². The van der Waals surface area contributed by atoms with E-state index in [0.717, 1.165) is 11.3 Å². The fourth-order valence-electron chi connectivity index (χ4n) is 3.81. The number of halogens is 4. The van der Waals surface area contributed by atoms with E-state index in [9.17, 15) is 22.4 Å². The van der Waals surface area contributed by atoms with Gasteiger partial charge in [0, 0.05) is 39.0 Å². The summed E-state index contributed by atoms with van der Waals surface area (Å²) in [4.78, 5) is 19.2. The summed E-state index contributed by atoms with van der Waals surface area (Å²) in [5.41, 5.74) is 0. The van der Waals surface area contributed by atoms with Crippen LogP contribution in [0.4, 0.5) is 22.7 Å². The Morgan fingerprint density at radius 1 is 1.36 bits per heavy atom. The van der Waals surface area contributed by atoms with Gasteiger partial charge in [-0.3, -0.25) is 4.90 Å². The summed E-state index contributed by atoms with van der Waals surface area (Å²) in [6, 6.07) is -0.416. The van der Waals surface area contributed by atoms with Crippen LogP contribution in [-0.2, 0) is 4.74 Å². The fraction of sp³-hybridized carbons (Fsp3) is 0.765. The van der Waals surface area contributed by atoms with Crippen LogP contribution in [-0.4, -0.2) is 72.3 Å². The summed E-state index contributed by atoms with van der Waals surface area (Å²) in [5, 5.41) is 9.52. The molecule has 0 aromatic carbocycles. The molecule has 1 N–H and O–H groups in total. The molecule has 1 atom stereocenters. The molecule has 1 aliphatic carbocycles. The topological polar surface area (TPSA) is 65.9 Å². The first-order valence-corrected chi connectivity index (χ1v) is 10.0. The highest BCUT2D eigenvalue weighted by atomic mass is 32.1. The summed E-state index contributed by atoms with van der Waals surface area (Å²) in [6.45, 7) is -0.940. The molecule has 28 heavy (non-hydrogen) atoms. The van der Waals surface area contributed by atoms with Crippen LogP contribution < -0.4 is 4.90 Å². The first-order chi connectivity index (χ1) is 13.2. The number of thiazole rings is 1. The first-order valence-electron chi connectivity index (χ1n) is 9.19. The predicted molar refractivity (Wildman–Crippen MR) is 95.5 cm³/mol. The van der Waals surface area contributed by atoms with Crippen LogP contribution in [0.2, 0.25) is 0 Å². The number of nitrogens with zero attached hydrogens (tertiary/aromatic N) is 3. The van der Waals surface area contributed by atoms with Gasteiger partial charge in [-0.2, -0.15) is 8.78 Å². The predicted octanol–water partition coefficient (Wildman–Crippen LogP) is 3.40. The van der Waals surface area contributed by atoms with Crippen LogP contribution in [0, 0.1) is 5.92 Å². The Labute approximate surface area is 164 Å². The largest absolute Gasteiger partial charge is 0.477 e. The van der Waals surface area contributed by atoms with Crippen molar-refractivity contribution in [3.8, 4) is 0 Å². The molecule has 1 saturated carbocycles. The second kappa shape index (κ2) is 8.91. The number of hydrogen-bond donors (Lipinski definition) is 1. The van der Waals surface area contributed by atoms with Crippen LogP contribution in [0.5, 0.6) is 0 Å². The maximum atomic E-state index is 13.3. The van der Waals surface area contributed by atoms with Gasteiger partial charge in [0.15, 0.2) is 5.13 Å². The van der Waals surface area contributed by atoms with Gasteiger partial charge in [-0.15, -0.1) is 0 Å². The van der Waals surface area contributed by atoms with Crippen molar-refractivity contribution in [3.63, 3.8) is 0 Å². The number of piperazine rings is 1. The Bertz CT molecular complexity index is 666. The Morgan fingerprint density at radius 2 is 2.07 bits per heavy atom. The third-order valence-electron chi connectivity index (χ3n) is 5.28. The van der Waals surface area contributed by atoms with Crippen molar-refractivity contribution in [3.05, 3.63) is 11.1 Å². The Balaban J connectivity index is 1.62. The molecule has 6 nitrogen and oxygen atoms in total. The van der Waals surface area contributed by atoms with Crippen LogP contribution in [0.3, 0.4) is 0 Å². The molecule has 0 unspecified atom stereocenters. The second-order valence-corrected chi connectivity index (χ2v) is 8.32. The Kier molecular flexibility index (Phi) is 6.77. The third kappa shape index (κ3) is 5.54. The lowest BCUT2D eigenvalue weighted by Gasteiger charge is -2.43. The molecule has 11 heteroatoms. The van der Waals surface area contributed by atoms with Crippen LogP contribution in [0.25, 0.3) is 0 Å². The molecule has 0 bridgehead atoms. The van der Waals surface area contributed by atoms with Gasteiger partial charge in [-0.1, -0.05) is 11.3 Å². The molecular weight excluding hydrogens is 402 g/mol. The smallest absolute Gasteiger partial charge is 0.347 e. The Morgan fingerprint density at radius 3 is 2.68 bits per heavy atom. The SMILES string of the molecule is O=C(O)c1cnc(N2CCN(CC3CCC(F)(F)CC3)C[C@H]2COC(F)F)s1. The minimum absolute atomic E-state index is 0.0779. The molecule has 1 aromatic rings. The standard InChI is InChI=1S/C17H23F4N3O3S/c18-15(19)27-10-12-9-23(8-11-1-3-17(20,21)4-2-11)5-6-24(12)16-22-7-13(28-16)14(25)26/h7,11-12,15H,1-6,8-10H2,(H,25,26)/t12-/m0/s1. The highest BCUT2D eigenvalue weighted by molar-refractivity contribution is 7.17. The molecule has 1 aliphatic heterocycles. The van der Waals surface area contributed by atoms with Crippen LogP contribution in [0.1, 0.15) is 35.4 Å². The molecule has 0 radical (unpaired) electrons. The average Bonchev–Trinajstić information content (AvgIpc) is 3.12. The van der Waals surface area contributed by atoms with Crippen molar-refractivity contribution in [2.75, 3.05) is 37.7 Å². The maximum Gasteiger partial charge on any atom is 0.347 e. The molecule has 158 valence electrons. The number of carboxylic acid groups (broad SMARTS) is 1. The molecule has 1 aromatic heterocycles. The zero-order valence-corrected chi connectivity index (χ0v) is 16.0. The van der Waals surface area contributed by atoms with E-state index >= 15 is 0 Å².